The molecule has 3 rings (SSSR count). The number of methoxy groups -OCH3 is 1. The molecule has 3 N–H and O–H groups in total. The van der Waals surface area contributed by atoms with E-state index in [4.69, 9.17) is 10.5 Å². The highest BCUT2D eigenvalue weighted by Gasteiger charge is 2.23. The Kier molecular flexibility index (Phi) is 3.52. The first kappa shape index (κ1) is 13.5. The van der Waals surface area contributed by atoms with Gasteiger partial charge in [-0.25, -0.2) is 4.79 Å². The van der Waals surface area contributed by atoms with Crippen LogP contribution in [0.3, 0.4) is 0 Å². The number of carbonyl (C=O) groups excluding carboxylic acids is 1. The second-order valence-corrected chi connectivity index (χ2v) is 5.28. The van der Waals surface area contributed by atoms with E-state index < -0.39 is 0 Å². The number of hydrogen-bond acceptors (Lipinski definition) is 4. The molecule has 0 atom stereocenters. The third-order valence-electron chi connectivity index (χ3n) is 3.90. The Hall–Kier alpha value is -2.49. The van der Waals surface area contributed by atoms with E-state index in [9.17, 15) is 4.79 Å². The van der Waals surface area contributed by atoms with Crippen LogP contribution in [-0.4, -0.2) is 19.1 Å². The lowest BCUT2D eigenvalue weighted by atomic mass is 10.1. The minimum Gasteiger partial charge on any atom is -0.465 e. The standard InChI is InChI=1S/C17H18N2O2/c1-21-17(20)14-7-4-8-15(18)16(14)19-13-9-11-5-2-3-6-12(11)10-13/h2-8,13,19H,9-10,18H2,1H3. The molecule has 0 aromatic heterocycles. The molecule has 21 heavy (non-hydrogen) atoms. The number of fused-ring (bicyclic) bond motifs is 1. The van der Waals surface area contributed by atoms with E-state index >= 15 is 0 Å². The zero-order valence-electron chi connectivity index (χ0n) is 11.9. The van der Waals surface area contributed by atoms with Crippen molar-refractivity contribution in [3.8, 4) is 0 Å². The van der Waals surface area contributed by atoms with Gasteiger partial charge in [0.2, 0.25) is 0 Å². The number of esters is 1. The summed E-state index contributed by atoms with van der Waals surface area (Å²) in [5.41, 5.74) is 10.4. The molecular weight excluding hydrogens is 264 g/mol. The maximum atomic E-state index is 11.9. The molecule has 2 aromatic rings. The summed E-state index contributed by atoms with van der Waals surface area (Å²) in [5.74, 6) is -0.375. The van der Waals surface area contributed by atoms with Crippen molar-refractivity contribution >= 4 is 17.3 Å². The molecule has 0 fully saturated rings. The molecule has 2 aromatic carbocycles. The van der Waals surface area contributed by atoms with Crippen LogP contribution in [0.15, 0.2) is 42.5 Å². The predicted octanol–water partition coefficient (Wildman–Crippen LogP) is 2.63. The first-order chi connectivity index (χ1) is 10.2. The Bertz CT molecular complexity index is 657. The number of ether oxygens (including phenoxy) is 1. The number of para-hydroxylation sites is 1. The average molecular weight is 282 g/mol. The van der Waals surface area contributed by atoms with Crippen LogP contribution in [0, 0.1) is 0 Å². The second-order valence-electron chi connectivity index (χ2n) is 5.28. The molecule has 0 radical (unpaired) electrons. The van der Waals surface area contributed by atoms with Gasteiger partial charge in [0.25, 0.3) is 0 Å². The highest BCUT2D eigenvalue weighted by atomic mass is 16.5. The number of nitrogens with two attached hydrogens (primary N) is 1. The van der Waals surface area contributed by atoms with Gasteiger partial charge in [-0.05, 0) is 36.1 Å². The lowest BCUT2D eigenvalue weighted by Crippen LogP contribution is -2.22. The summed E-state index contributed by atoms with van der Waals surface area (Å²) >= 11 is 0. The molecule has 1 aliphatic carbocycles. The van der Waals surface area contributed by atoms with Gasteiger partial charge in [-0.3, -0.25) is 0 Å². The minimum atomic E-state index is -0.375. The smallest absolute Gasteiger partial charge is 0.340 e. The van der Waals surface area contributed by atoms with Crippen LogP contribution < -0.4 is 11.1 Å². The van der Waals surface area contributed by atoms with Crippen molar-refractivity contribution in [2.24, 2.45) is 0 Å². The van der Waals surface area contributed by atoms with Gasteiger partial charge >= 0.3 is 5.97 Å². The summed E-state index contributed by atoms with van der Waals surface area (Å²) in [6.45, 7) is 0. The SMILES string of the molecule is COC(=O)c1cccc(N)c1NC1Cc2ccccc2C1. The quantitative estimate of drug-likeness (QED) is 0.671. The monoisotopic (exact) mass is 282 g/mol. The summed E-state index contributed by atoms with van der Waals surface area (Å²) in [4.78, 5) is 11.9. The van der Waals surface area contributed by atoms with E-state index in [0.717, 1.165) is 12.8 Å². The van der Waals surface area contributed by atoms with Gasteiger partial charge < -0.3 is 15.8 Å². The molecule has 0 aliphatic heterocycles. The van der Waals surface area contributed by atoms with Gasteiger partial charge in [-0.2, -0.15) is 0 Å². The minimum absolute atomic E-state index is 0.246. The van der Waals surface area contributed by atoms with Crippen molar-refractivity contribution < 1.29 is 9.53 Å². The molecule has 4 nitrogen and oxygen atoms in total. The molecular formula is C17H18N2O2. The molecule has 4 heteroatoms. The number of nitrogens with one attached hydrogen (secondary N) is 1. The maximum Gasteiger partial charge on any atom is 0.340 e. The molecule has 1 aliphatic rings. The molecule has 0 spiro atoms. The summed E-state index contributed by atoms with van der Waals surface area (Å²) in [5, 5.41) is 3.41. The summed E-state index contributed by atoms with van der Waals surface area (Å²) < 4.78 is 4.82. The van der Waals surface area contributed by atoms with Crippen molar-refractivity contribution in [1.29, 1.82) is 0 Å². The van der Waals surface area contributed by atoms with Gasteiger partial charge in [0.15, 0.2) is 0 Å². The van der Waals surface area contributed by atoms with Crippen molar-refractivity contribution in [1.82, 2.24) is 0 Å². The summed E-state index contributed by atoms with van der Waals surface area (Å²) in [6.07, 6.45) is 1.87. The average Bonchev–Trinajstić information content (AvgIpc) is 2.91. The van der Waals surface area contributed by atoms with Crippen LogP contribution in [-0.2, 0) is 17.6 Å². The third kappa shape index (κ3) is 2.57. The van der Waals surface area contributed by atoms with Crippen LogP contribution in [0.1, 0.15) is 21.5 Å². The molecule has 0 saturated heterocycles. The number of anilines is 2. The molecule has 108 valence electrons. The maximum absolute atomic E-state index is 11.9. The number of hydrogen-bond donors (Lipinski definition) is 2. The van der Waals surface area contributed by atoms with Crippen molar-refractivity contribution in [2.75, 3.05) is 18.2 Å². The van der Waals surface area contributed by atoms with Crippen LogP contribution in [0.4, 0.5) is 11.4 Å². The lowest BCUT2D eigenvalue weighted by molar-refractivity contribution is 0.0602. The zero-order chi connectivity index (χ0) is 14.8. The largest absolute Gasteiger partial charge is 0.465 e. The number of benzene rings is 2. The predicted molar refractivity (Wildman–Crippen MR) is 83.5 cm³/mol. The number of rotatable bonds is 3. The van der Waals surface area contributed by atoms with E-state index in [0.29, 0.717) is 16.9 Å². The topological polar surface area (TPSA) is 64.3 Å². The Labute approximate surface area is 123 Å². The second kappa shape index (κ2) is 5.48. The van der Waals surface area contributed by atoms with Gasteiger partial charge in [-0.1, -0.05) is 30.3 Å². The van der Waals surface area contributed by atoms with Gasteiger partial charge in [0.05, 0.1) is 24.0 Å². The van der Waals surface area contributed by atoms with Crippen LogP contribution >= 0.6 is 0 Å². The fourth-order valence-corrected chi connectivity index (χ4v) is 2.88. The Morgan fingerprint density at radius 2 is 1.81 bits per heavy atom. The van der Waals surface area contributed by atoms with Crippen LogP contribution in [0.2, 0.25) is 0 Å². The summed E-state index contributed by atoms with van der Waals surface area (Å²) in [7, 11) is 1.38. The van der Waals surface area contributed by atoms with Crippen molar-refractivity contribution in [3.05, 3.63) is 59.2 Å². The first-order valence-corrected chi connectivity index (χ1v) is 6.99. The van der Waals surface area contributed by atoms with Gasteiger partial charge in [-0.15, -0.1) is 0 Å². The van der Waals surface area contributed by atoms with E-state index in [1.165, 1.54) is 18.2 Å². The fraction of sp³-hybridized carbons (Fsp3) is 0.235. The van der Waals surface area contributed by atoms with E-state index in [-0.39, 0.29) is 12.0 Å². The Balaban J connectivity index is 1.85. The Morgan fingerprint density at radius 1 is 1.14 bits per heavy atom. The number of carbonyl (C=O) groups is 1. The normalized spacial score (nSPS) is 13.8. The van der Waals surface area contributed by atoms with E-state index in [1.807, 2.05) is 0 Å². The fourth-order valence-electron chi connectivity index (χ4n) is 2.88. The molecule has 0 bridgehead atoms. The van der Waals surface area contributed by atoms with E-state index in [2.05, 4.69) is 29.6 Å². The van der Waals surface area contributed by atoms with Crippen molar-refractivity contribution in [3.63, 3.8) is 0 Å². The Morgan fingerprint density at radius 3 is 2.43 bits per heavy atom. The lowest BCUT2D eigenvalue weighted by Gasteiger charge is -2.18. The molecule has 0 amide bonds. The van der Waals surface area contributed by atoms with Crippen molar-refractivity contribution in [2.45, 2.75) is 18.9 Å². The third-order valence-corrected chi connectivity index (χ3v) is 3.90. The van der Waals surface area contributed by atoms with Crippen LogP contribution in [0.5, 0.6) is 0 Å². The highest BCUT2D eigenvalue weighted by molar-refractivity contribution is 5.98. The molecule has 0 unspecified atom stereocenters. The first-order valence-electron chi connectivity index (χ1n) is 6.99. The summed E-state index contributed by atoms with van der Waals surface area (Å²) in [6, 6.07) is 13.9. The van der Waals surface area contributed by atoms with Crippen LogP contribution in [0.25, 0.3) is 0 Å². The molecule has 0 saturated carbocycles. The van der Waals surface area contributed by atoms with E-state index in [1.54, 1.807) is 18.2 Å². The highest BCUT2D eigenvalue weighted by Crippen LogP contribution is 2.29. The zero-order valence-corrected chi connectivity index (χ0v) is 11.9. The molecule has 0 heterocycles. The number of nitrogen functional groups attached to an aromatic ring is 1. The van der Waals surface area contributed by atoms with Gasteiger partial charge in [0.1, 0.15) is 0 Å². The van der Waals surface area contributed by atoms with Gasteiger partial charge in [0, 0.05) is 6.04 Å².